The van der Waals surface area contributed by atoms with Gasteiger partial charge in [-0.3, -0.25) is 9.59 Å². The number of nitrogens with one attached hydrogen (secondary N) is 2. The monoisotopic (exact) mass is 340 g/mol. The highest BCUT2D eigenvalue weighted by Crippen LogP contribution is 2.24. The number of hydrogen-bond donors (Lipinski definition) is 2. The van der Waals surface area contributed by atoms with E-state index in [0.29, 0.717) is 43.9 Å². The van der Waals surface area contributed by atoms with Crippen LogP contribution in [0.4, 0.5) is 0 Å². The third kappa shape index (κ3) is 3.90. The summed E-state index contributed by atoms with van der Waals surface area (Å²) in [6.45, 7) is 3.97. The minimum Gasteiger partial charge on any atom is -0.356 e. The van der Waals surface area contributed by atoms with Gasteiger partial charge in [-0.15, -0.1) is 0 Å². The van der Waals surface area contributed by atoms with Crippen LogP contribution >= 0.6 is 0 Å². The number of hydrogen-bond acceptors (Lipinski definition) is 3. The van der Waals surface area contributed by atoms with Crippen LogP contribution in [0.15, 0.2) is 36.7 Å². The van der Waals surface area contributed by atoms with Gasteiger partial charge >= 0.3 is 0 Å². The second kappa shape index (κ2) is 7.96. The van der Waals surface area contributed by atoms with Crippen LogP contribution in [0, 0.1) is 5.92 Å². The first-order valence-corrected chi connectivity index (χ1v) is 8.86. The molecule has 0 spiro atoms. The molecule has 132 valence electrons. The van der Waals surface area contributed by atoms with Crippen molar-refractivity contribution in [2.75, 3.05) is 19.6 Å². The summed E-state index contributed by atoms with van der Waals surface area (Å²) >= 11 is 0. The van der Waals surface area contributed by atoms with E-state index in [0.717, 1.165) is 12.0 Å². The SMILES string of the molecule is CCCNC(=O)C1CCN(C(=O)c2ccccc2-c2ncc[nH]2)CC1. The van der Waals surface area contributed by atoms with Gasteiger partial charge in [0, 0.05) is 43.5 Å². The lowest BCUT2D eigenvalue weighted by Crippen LogP contribution is -2.43. The molecule has 6 heteroatoms. The highest BCUT2D eigenvalue weighted by molar-refractivity contribution is 6.00. The van der Waals surface area contributed by atoms with Gasteiger partial charge in [0.25, 0.3) is 5.91 Å². The van der Waals surface area contributed by atoms with Crippen molar-refractivity contribution in [1.82, 2.24) is 20.2 Å². The molecular weight excluding hydrogens is 316 g/mol. The van der Waals surface area contributed by atoms with E-state index in [1.807, 2.05) is 36.1 Å². The summed E-state index contributed by atoms with van der Waals surface area (Å²) in [6.07, 6.45) is 5.79. The van der Waals surface area contributed by atoms with Crippen molar-refractivity contribution < 1.29 is 9.59 Å². The first-order chi connectivity index (χ1) is 12.2. The fraction of sp³-hybridized carbons (Fsp3) is 0.421. The number of amides is 2. The molecule has 0 aliphatic carbocycles. The van der Waals surface area contributed by atoms with Crippen molar-refractivity contribution in [1.29, 1.82) is 0 Å². The van der Waals surface area contributed by atoms with E-state index in [2.05, 4.69) is 15.3 Å². The van der Waals surface area contributed by atoms with Gasteiger partial charge in [-0.2, -0.15) is 0 Å². The Hall–Kier alpha value is -2.63. The lowest BCUT2D eigenvalue weighted by molar-refractivity contribution is -0.126. The standard InChI is InChI=1S/C19H24N4O2/c1-2-9-22-18(24)14-7-12-23(13-8-14)19(25)16-6-4-3-5-15(16)17-20-10-11-21-17/h3-6,10-11,14H,2,7-9,12-13H2,1H3,(H,20,21)(H,22,24). The largest absolute Gasteiger partial charge is 0.356 e. The number of aromatic nitrogens is 2. The molecule has 2 N–H and O–H groups in total. The highest BCUT2D eigenvalue weighted by Gasteiger charge is 2.28. The highest BCUT2D eigenvalue weighted by atomic mass is 16.2. The van der Waals surface area contributed by atoms with Gasteiger partial charge in [-0.25, -0.2) is 4.98 Å². The molecule has 0 saturated carbocycles. The van der Waals surface area contributed by atoms with Crippen molar-refractivity contribution in [3.05, 3.63) is 42.2 Å². The number of piperidine rings is 1. The number of benzene rings is 1. The third-order valence-corrected chi connectivity index (χ3v) is 4.61. The Kier molecular flexibility index (Phi) is 5.48. The minimum absolute atomic E-state index is 0.000540. The van der Waals surface area contributed by atoms with Gasteiger partial charge in [0.2, 0.25) is 5.91 Å². The van der Waals surface area contributed by atoms with Gasteiger partial charge in [-0.1, -0.05) is 25.1 Å². The molecule has 1 fully saturated rings. The lowest BCUT2D eigenvalue weighted by atomic mass is 9.95. The van der Waals surface area contributed by atoms with Crippen LogP contribution in [0.1, 0.15) is 36.5 Å². The molecule has 0 bridgehead atoms. The zero-order chi connectivity index (χ0) is 17.6. The Morgan fingerprint density at radius 3 is 2.72 bits per heavy atom. The maximum absolute atomic E-state index is 12.9. The van der Waals surface area contributed by atoms with Gasteiger partial charge < -0.3 is 15.2 Å². The molecule has 25 heavy (non-hydrogen) atoms. The number of aromatic amines is 1. The van der Waals surface area contributed by atoms with Crippen molar-refractivity contribution >= 4 is 11.8 Å². The number of imidazole rings is 1. The number of nitrogens with zero attached hydrogens (tertiary/aromatic N) is 2. The predicted octanol–water partition coefficient (Wildman–Crippen LogP) is 2.46. The molecular formula is C19H24N4O2. The maximum atomic E-state index is 12.9. The number of rotatable bonds is 5. The zero-order valence-electron chi connectivity index (χ0n) is 14.5. The minimum atomic E-state index is -0.000540. The van der Waals surface area contributed by atoms with Crippen LogP contribution in [-0.4, -0.2) is 46.3 Å². The summed E-state index contributed by atoms with van der Waals surface area (Å²) in [5.41, 5.74) is 1.45. The molecule has 2 aromatic rings. The Balaban J connectivity index is 1.67. The molecule has 0 atom stereocenters. The van der Waals surface area contributed by atoms with E-state index in [-0.39, 0.29) is 17.7 Å². The van der Waals surface area contributed by atoms with Gasteiger partial charge in [-0.05, 0) is 25.3 Å². The van der Waals surface area contributed by atoms with Crippen LogP contribution in [0.5, 0.6) is 0 Å². The quantitative estimate of drug-likeness (QED) is 0.877. The molecule has 0 radical (unpaired) electrons. The summed E-state index contributed by atoms with van der Waals surface area (Å²) < 4.78 is 0. The van der Waals surface area contributed by atoms with E-state index in [1.54, 1.807) is 12.4 Å². The topological polar surface area (TPSA) is 78.1 Å². The fourth-order valence-corrected chi connectivity index (χ4v) is 3.20. The summed E-state index contributed by atoms with van der Waals surface area (Å²) in [5, 5.41) is 2.95. The normalized spacial score (nSPS) is 15.2. The van der Waals surface area contributed by atoms with E-state index >= 15 is 0 Å². The van der Waals surface area contributed by atoms with Crippen molar-refractivity contribution in [2.24, 2.45) is 5.92 Å². The summed E-state index contributed by atoms with van der Waals surface area (Å²) in [6, 6.07) is 7.50. The summed E-state index contributed by atoms with van der Waals surface area (Å²) in [5.74, 6) is 0.818. The molecule has 1 aromatic heterocycles. The molecule has 1 saturated heterocycles. The van der Waals surface area contributed by atoms with Crippen molar-refractivity contribution in [3.8, 4) is 11.4 Å². The van der Waals surface area contributed by atoms with Gasteiger partial charge in [0.1, 0.15) is 5.82 Å². The number of carbonyl (C=O) groups excluding carboxylic acids is 2. The zero-order valence-corrected chi connectivity index (χ0v) is 14.5. The average molecular weight is 340 g/mol. The smallest absolute Gasteiger partial charge is 0.254 e. The fourth-order valence-electron chi connectivity index (χ4n) is 3.20. The van der Waals surface area contributed by atoms with Crippen LogP contribution in [-0.2, 0) is 4.79 Å². The molecule has 1 aliphatic heterocycles. The van der Waals surface area contributed by atoms with E-state index in [9.17, 15) is 9.59 Å². The lowest BCUT2D eigenvalue weighted by Gasteiger charge is -2.31. The van der Waals surface area contributed by atoms with Crippen LogP contribution in [0.3, 0.4) is 0 Å². The molecule has 3 rings (SSSR count). The first-order valence-electron chi connectivity index (χ1n) is 8.86. The Labute approximate surface area is 147 Å². The third-order valence-electron chi connectivity index (χ3n) is 4.61. The second-order valence-corrected chi connectivity index (χ2v) is 6.34. The molecule has 2 heterocycles. The average Bonchev–Trinajstić information content (AvgIpc) is 3.20. The van der Waals surface area contributed by atoms with E-state index in [4.69, 9.17) is 0 Å². The molecule has 6 nitrogen and oxygen atoms in total. The Morgan fingerprint density at radius 2 is 2.04 bits per heavy atom. The van der Waals surface area contributed by atoms with Crippen molar-refractivity contribution in [3.63, 3.8) is 0 Å². The Morgan fingerprint density at radius 1 is 1.28 bits per heavy atom. The first kappa shape index (κ1) is 17.2. The van der Waals surface area contributed by atoms with Crippen LogP contribution < -0.4 is 5.32 Å². The number of carbonyl (C=O) groups is 2. The van der Waals surface area contributed by atoms with Crippen LogP contribution in [0.25, 0.3) is 11.4 Å². The molecule has 1 aliphatic rings. The van der Waals surface area contributed by atoms with E-state index in [1.165, 1.54) is 0 Å². The Bertz CT molecular complexity index is 719. The van der Waals surface area contributed by atoms with Gasteiger partial charge in [0.15, 0.2) is 0 Å². The van der Waals surface area contributed by atoms with Crippen LogP contribution in [0.2, 0.25) is 0 Å². The number of H-pyrrole nitrogens is 1. The molecule has 2 amide bonds. The second-order valence-electron chi connectivity index (χ2n) is 6.34. The summed E-state index contributed by atoms with van der Waals surface area (Å²) in [7, 11) is 0. The molecule has 1 aromatic carbocycles. The maximum Gasteiger partial charge on any atom is 0.254 e. The number of likely N-dealkylation sites (tertiary alicyclic amines) is 1. The van der Waals surface area contributed by atoms with Crippen molar-refractivity contribution in [2.45, 2.75) is 26.2 Å². The summed E-state index contributed by atoms with van der Waals surface area (Å²) in [4.78, 5) is 34.2. The molecule has 0 unspecified atom stereocenters. The van der Waals surface area contributed by atoms with E-state index < -0.39 is 0 Å². The predicted molar refractivity (Wildman–Crippen MR) is 96.0 cm³/mol. The van der Waals surface area contributed by atoms with Gasteiger partial charge in [0.05, 0.1) is 5.56 Å².